The summed E-state index contributed by atoms with van der Waals surface area (Å²) in [6, 6.07) is 9.11. The van der Waals surface area contributed by atoms with Crippen molar-refractivity contribution in [2.45, 2.75) is 6.42 Å². The highest BCUT2D eigenvalue weighted by molar-refractivity contribution is 7.15. The Kier molecular flexibility index (Phi) is 6.86. The van der Waals surface area contributed by atoms with Crippen LogP contribution in [-0.2, 0) is 11.2 Å². The van der Waals surface area contributed by atoms with Gasteiger partial charge in [0, 0.05) is 23.1 Å². The molecule has 0 spiro atoms. The van der Waals surface area contributed by atoms with Crippen molar-refractivity contribution in [3.63, 3.8) is 0 Å². The lowest BCUT2D eigenvalue weighted by Gasteiger charge is -2.13. The standard InChI is InChI=1S/C20H17ClFN3O4S/c1-28-16-8-12(7-15(21)18(16)29-10-17(23)26)19(27)25-20-24-9-14(30-20)6-11-3-2-4-13(22)5-11/h2-5,7-9H,6,10H2,1H3,(H2,23,26)(H,24,25,27). The zero-order chi connectivity index (χ0) is 21.7. The van der Waals surface area contributed by atoms with E-state index in [0.717, 1.165) is 10.4 Å². The third-order valence-electron chi connectivity index (χ3n) is 3.89. The van der Waals surface area contributed by atoms with Crippen molar-refractivity contribution in [1.82, 2.24) is 4.98 Å². The number of nitrogens with one attached hydrogen (secondary N) is 1. The molecule has 0 bridgehead atoms. The predicted molar refractivity (Wildman–Crippen MR) is 112 cm³/mol. The second-order valence-electron chi connectivity index (χ2n) is 6.14. The van der Waals surface area contributed by atoms with Gasteiger partial charge in [0.1, 0.15) is 5.82 Å². The van der Waals surface area contributed by atoms with Gasteiger partial charge in [0.05, 0.1) is 12.1 Å². The lowest BCUT2D eigenvalue weighted by atomic mass is 10.1. The number of ether oxygens (including phenoxy) is 2. The highest BCUT2D eigenvalue weighted by Crippen LogP contribution is 2.36. The molecule has 0 aliphatic carbocycles. The number of rotatable bonds is 8. The summed E-state index contributed by atoms with van der Waals surface area (Å²) in [5, 5.41) is 3.16. The van der Waals surface area contributed by atoms with Gasteiger partial charge in [-0.05, 0) is 29.8 Å². The number of methoxy groups -OCH3 is 1. The Labute approximate surface area is 180 Å². The van der Waals surface area contributed by atoms with Crippen molar-refractivity contribution in [2.24, 2.45) is 5.73 Å². The summed E-state index contributed by atoms with van der Waals surface area (Å²) in [5.41, 5.74) is 6.09. The number of carbonyl (C=O) groups excluding carboxylic acids is 2. The van der Waals surface area contributed by atoms with Gasteiger partial charge in [-0.15, -0.1) is 11.3 Å². The van der Waals surface area contributed by atoms with Gasteiger partial charge >= 0.3 is 0 Å². The Hall–Kier alpha value is -3.17. The van der Waals surface area contributed by atoms with Crippen LogP contribution in [0.2, 0.25) is 5.02 Å². The molecular formula is C20H17ClFN3O4S. The Balaban J connectivity index is 1.72. The fourth-order valence-electron chi connectivity index (χ4n) is 2.60. The van der Waals surface area contributed by atoms with E-state index in [-0.39, 0.29) is 34.5 Å². The van der Waals surface area contributed by atoms with Crippen LogP contribution < -0.4 is 20.5 Å². The van der Waals surface area contributed by atoms with Crippen LogP contribution in [0.15, 0.2) is 42.6 Å². The SMILES string of the molecule is COc1cc(C(=O)Nc2ncc(Cc3cccc(F)c3)s2)cc(Cl)c1OCC(N)=O. The van der Waals surface area contributed by atoms with Crippen LogP contribution >= 0.6 is 22.9 Å². The summed E-state index contributed by atoms with van der Waals surface area (Å²) in [7, 11) is 1.38. The first-order chi connectivity index (χ1) is 14.4. The Morgan fingerprint density at radius 3 is 2.80 bits per heavy atom. The zero-order valence-corrected chi connectivity index (χ0v) is 17.3. The molecule has 1 aromatic heterocycles. The number of carbonyl (C=O) groups is 2. The van der Waals surface area contributed by atoms with Gasteiger partial charge in [-0.1, -0.05) is 23.7 Å². The molecule has 156 valence electrons. The molecule has 0 saturated heterocycles. The van der Waals surface area contributed by atoms with E-state index in [9.17, 15) is 14.0 Å². The maximum Gasteiger partial charge on any atom is 0.257 e. The van der Waals surface area contributed by atoms with Crippen molar-refractivity contribution in [3.8, 4) is 11.5 Å². The normalized spacial score (nSPS) is 10.5. The van der Waals surface area contributed by atoms with Crippen molar-refractivity contribution in [1.29, 1.82) is 0 Å². The van der Waals surface area contributed by atoms with Crippen molar-refractivity contribution in [3.05, 3.63) is 69.4 Å². The largest absolute Gasteiger partial charge is 0.493 e. The molecule has 0 atom stereocenters. The van der Waals surface area contributed by atoms with E-state index in [4.69, 9.17) is 26.8 Å². The van der Waals surface area contributed by atoms with Gasteiger partial charge in [0.15, 0.2) is 23.2 Å². The Bertz CT molecular complexity index is 1090. The van der Waals surface area contributed by atoms with Crippen LogP contribution in [0.3, 0.4) is 0 Å². The molecule has 3 aromatic rings. The molecule has 0 aliphatic heterocycles. The lowest BCUT2D eigenvalue weighted by molar-refractivity contribution is -0.119. The number of primary amides is 1. The quantitative estimate of drug-likeness (QED) is 0.546. The molecule has 2 amide bonds. The van der Waals surface area contributed by atoms with E-state index in [1.165, 1.54) is 42.7 Å². The first kappa shape index (κ1) is 21.5. The van der Waals surface area contributed by atoms with Crippen LogP contribution in [0.1, 0.15) is 20.8 Å². The van der Waals surface area contributed by atoms with Crippen LogP contribution in [0.5, 0.6) is 11.5 Å². The molecule has 0 fully saturated rings. The fraction of sp³-hybridized carbons (Fsp3) is 0.150. The molecule has 10 heteroatoms. The van der Waals surface area contributed by atoms with Gasteiger partial charge in [-0.3, -0.25) is 14.9 Å². The summed E-state index contributed by atoms with van der Waals surface area (Å²) in [4.78, 5) is 28.6. The maximum absolute atomic E-state index is 13.3. The molecule has 30 heavy (non-hydrogen) atoms. The number of thiazole rings is 1. The summed E-state index contributed by atoms with van der Waals surface area (Å²) < 4.78 is 23.8. The van der Waals surface area contributed by atoms with Gasteiger partial charge in [0.2, 0.25) is 0 Å². The third-order valence-corrected chi connectivity index (χ3v) is 5.09. The van der Waals surface area contributed by atoms with Crippen LogP contribution in [0, 0.1) is 5.82 Å². The second kappa shape index (κ2) is 9.55. The van der Waals surface area contributed by atoms with E-state index in [2.05, 4.69) is 10.3 Å². The first-order valence-corrected chi connectivity index (χ1v) is 9.84. The number of amides is 2. The van der Waals surface area contributed by atoms with E-state index < -0.39 is 11.8 Å². The monoisotopic (exact) mass is 449 g/mol. The second-order valence-corrected chi connectivity index (χ2v) is 7.66. The number of hydrogen-bond acceptors (Lipinski definition) is 6. The highest BCUT2D eigenvalue weighted by atomic mass is 35.5. The molecule has 3 N–H and O–H groups in total. The zero-order valence-electron chi connectivity index (χ0n) is 15.8. The first-order valence-electron chi connectivity index (χ1n) is 8.65. The van der Waals surface area contributed by atoms with E-state index in [1.54, 1.807) is 12.3 Å². The summed E-state index contributed by atoms with van der Waals surface area (Å²) in [6.07, 6.45) is 2.12. The van der Waals surface area contributed by atoms with E-state index >= 15 is 0 Å². The molecule has 2 aromatic carbocycles. The number of aromatic nitrogens is 1. The topological polar surface area (TPSA) is 104 Å². The van der Waals surface area contributed by atoms with Crippen LogP contribution in [0.4, 0.5) is 9.52 Å². The molecule has 3 rings (SSSR count). The Morgan fingerprint density at radius 1 is 1.30 bits per heavy atom. The number of nitrogens with two attached hydrogens (primary N) is 1. The third kappa shape index (κ3) is 5.46. The van der Waals surface area contributed by atoms with Gasteiger partial charge in [-0.2, -0.15) is 0 Å². The molecule has 0 aliphatic rings. The van der Waals surface area contributed by atoms with Crippen molar-refractivity contribution in [2.75, 3.05) is 19.0 Å². The molecule has 0 radical (unpaired) electrons. The van der Waals surface area contributed by atoms with Gasteiger partial charge < -0.3 is 15.2 Å². The number of benzene rings is 2. The van der Waals surface area contributed by atoms with Crippen molar-refractivity contribution >= 4 is 39.9 Å². The van der Waals surface area contributed by atoms with Crippen LogP contribution in [-0.4, -0.2) is 30.5 Å². The molecule has 0 unspecified atom stereocenters. The lowest BCUT2D eigenvalue weighted by Crippen LogP contribution is -2.20. The smallest absolute Gasteiger partial charge is 0.257 e. The maximum atomic E-state index is 13.3. The molecule has 7 nitrogen and oxygen atoms in total. The fourth-order valence-corrected chi connectivity index (χ4v) is 3.71. The number of halogens is 2. The van der Waals surface area contributed by atoms with E-state index in [0.29, 0.717) is 11.6 Å². The van der Waals surface area contributed by atoms with E-state index in [1.807, 2.05) is 6.07 Å². The summed E-state index contributed by atoms with van der Waals surface area (Å²) in [5.74, 6) is -1.14. The summed E-state index contributed by atoms with van der Waals surface area (Å²) >= 11 is 7.45. The van der Waals surface area contributed by atoms with Gasteiger partial charge in [-0.25, -0.2) is 9.37 Å². The highest BCUT2D eigenvalue weighted by Gasteiger charge is 2.17. The average molecular weight is 450 g/mol. The number of nitrogens with zero attached hydrogens (tertiary/aromatic N) is 1. The molecule has 1 heterocycles. The minimum absolute atomic E-state index is 0.0895. The molecule has 0 saturated carbocycles. The minimum atomic E-state index is -0.673. The predicted octanol–water partition coefficient (Wildman–Crippen LogP) is 3.65. The van der Waals surface area contributed by atoms with Gasteiger partial charge in [0.25, 0.3) is 11.8 Å². The molecular weight excluding hydrogens is 433 g/mol. The average Bonchev–Trinajstić information content (AvgIpc) is 3.12. The van der Waals surface area contributed by atoms with Crippen molar-refractivity contribution < 1.29 is 23.5 Å². The summed E-state index contributed by atoms with van der Waals surface area (Å²) in [6.45, 7) is -0.380. The van der Waals surface area contributed by atoms with Crippen LogP contribution in [0.25, 0.3) is 0 Å². The number of hydrogen-bond donors (Lipinski definition) is 2. The minimum Gasteiger partial charge on any atom is -0.493 e. The Morgan fingerprint density at radius 2 is 2.10 bits per heavy atom. The number of anilines is 1.